The first kappa shape index (κ1) is 16.2. The first-order valence-corrected chi connectivity index (χ1v) is 5.89. The molecule has 0 aliphatic heterocycles. The van der Waals surface area contributed by atoms with E-state index in [1.807, 2.05) is 0 Å². The Hall–Kier alpha value is -1.83. The van der Waals surface area contributed by atoms with Crippen molar-refractivity contribution in [2.24, 2.45) is 5.92 Å². The number of hydrogen-bond donors (Lipinski definition) is 2. The minimum atomic E-state index is -4.81. The molecule has 0 spiro atoms. The van der Waals surface area contributed by atoms with E-state index in [9.17, 15) is 23.3 Å². The minimum absolute atomic E-state index is 0.00970. The van der Waals surface area contributed by atoms with Crippen LogP contribution in [0.5, 0.6) is 0 Å². The molecule has 0 aromatic heterocycles. The average molecular weight is 292 g/mol. The minimum Gasteiger partial charge on any atom is -0.394 e. The molecule has 1 atom stereocenters. The first-order chi connectivity index (χ1) is 9.16. The molecule has 1 unspecified atom stereocenters. The molecule has 0 amide bonds. The van der Waals surface area contributed by atoms with Gasteiger partial charge in [0.1, 0.15) is 5.56 Å². The van der Waals surface area contributed by atoms with E-state index in [2.05, 4.69) is 5.32 Å². The monoisotopic (exact) mass is 292 g/mol. The SMILES string of the molecule is CC(C)C(CO)Nc1ccc([N+](=O)[O-])c(C(F)(F)F)c1. The molecular formula is C12H15F3N2O3. The van der Waals surface area contributed by atoms with E-state index in [1.54, 1.807) is 13.8 Å². The van der Waals surface area contributed by atoms with Crippen molar-refractivity contribution in [1.82, 2.24) is 0 Å². The van der Waals surface area contributed by atoms with Gasteiger partial charge in [-0.05, 0) is 18.1 Å². The number of nitro benzene ring substituents is 1. The lowest BCUT2D eigenvalue weighted by atomic mass is 10.0. The smallest absolute Gasteiger partial charge is 0.394 e. The number of rotatable bonds is 5. The summed E-state index contributed by atoms with van der Waals surface area (Å²) in [6.07, 6.45) is -4.81. The number of aliphatic hydroxyl groups is 1. The predicted octanol–water partition coefficient (Wildman–Crippen LogP) is 3.04. The van der Waals surface area contributed by atoms with Crippen LogP contribution >= 0.6 is 0 Å². The van der Waals surface area contributed by atoms with Crippen LogP contribution in [0.1, 0.15) is 19.4 Å². The van der Waals surface area contributed by atoms with Crippen molar-refractivity contribution >= 4 is 11.4 Å². The fourth-order valence-corrected chi connectivity index (χ4v) is 1.65. The Bertz CT molecular complexity index is 489. The summed E-state index contributed by atoms with van der Waals surface area (Å²) < 4.78 is 38.4. The van der Waals surface area contributed by atoms with Gasteiger partial charge in [-0.2, -0.15) is 13.2 Å². The highest BCUT2D eigenvalue weighted by Gasteiger charge is 2.38. The molecule has 2 N–H and O–H groups in total. The zero-order valence-corrected chi connectivity index (χ0v) is 10.9. The molecule has 1 aromatic rings. The number of nitrogens with zero attached hydrogens (tertiary/aromatic N) is 1. The largest absolute Gasteiger partial charge is 0.423 e. The van der Waals surface area contributed by atoms with Crippen LogP contribution in [-0.4, -0.2) is 22.7 Å². The fraction of sp³-hybridized carbons (Fsp3) is 0.500. The van der Waals surface area contributed by atoms with Crippen molar-refractivity contribution in [2.45, 2.75) is 26.1 Å². The molecule has 1 rings (SSSR count). The van der Waals surface area contributed by atoms with Crippen LogP contribution in [0.4, 0.5) is 24.5 Å². The van der Waals surface area contributed by atoms with Gasteiger partial charge in [-0.15, -0.1) is 0 Å². The van der Waals surface area contributed by atoms with E-state index in [0.29, 0.717) is 6.07 Å². The zero-order chi connectivity index (χ0) is 15.5. The molecule has 0 saturated heterocycles. The van der Waals surface area contributed by atoms with E-state index >= 15 is 0 Å². The summed E-state index contributed by atoms with van der Waals surface area (Å²) in [5.74, 6) is -0.00970. The Labute approximate surface area is 113 Å². The number of nitro groups is 1. The third-order valence-electron chi connectivity index (χ3n) is 2.85. The van der Waals surface area contributed by atoms with Crippen molar-refractivity contribution in [2.75, 3.05) is 11.9 Å². The number of benzene rings is 1. The maximum Gasteiger partial charge on any atom is 0.423 e. The van der Waals surface area contributed by atoms with E-state index in [1.165, 1.54) is 6.07 Å². The molecule has 5 nitrogen and oxygen atoms in total. The Morgan fingerprint density at radius 3 is 2.40 bits per heavy atom. The standard InChI is InChI=1S/C12H15F3N2O3/c1-7(2)10(6-18)16-8-3-4-11(17(19)20)9(5-8)12(13,14)15/h3-5,7,10,16,18H,6H2,1-2H3. The number of halogens is 3. The molecule has 0 heterocycles. The number of hydrogen-bond acceptors (Lipinski definition) is 4. The van der Waals surface area contributed by atoms with Crippen molar-refractivity contribution in [3.05, 3.63) is 33.9 Å². The van der Waals surface area contributed by atoms with Crippen LogP contribution in [0.15, 0.2) is 18.2 Å². The van der Waals surface area contributed by atoms with Crippen LogP contribution in [0.2, 0.25) is 0 Å². The Kier molecular flexibility index (Phi) is 4.93. The third-order valence-corrected chi connectivity index (χ3v) is 2.85. The Balaban J connectivity index is 3.16. The van der Waals surface area contributed by atoms with Crippen LogP contribution < -0.4 is 5.32 Å². The first-order valence-electron chi connectivity index (χ1n) is 5.89. The normalized spacial score (nSPS) is 13.3. The van der Waals surface area contributed by atoms with E-state index in [-0.39, 0.29) is 18.2 Å². The van der Waals surface area contributed by atoms with Crippen molar-refractivity contribution < 1.29 is 23.2 Å². The molecule has 112 valence electrons. The fourth-order valence-electron chi connectivity index (χ4n) is 1.65. The van der Waals surface area contributed by atoms with Crippen LogP contribution in [0.3, 0.4) is 0 Å². The van der Waals surface area contributed by atoms with Gasteiger partial charge in [0.05, 0.1) is 17.6 Å². The summed E-state index contributed by atoms with van der Waals surface area (Å²) in [4.78, 5) is 9.54. The second-order valence-electron chi connectivity index (χ2n) is 4.66. The third kappa shape index (κ3) is 3.83. The van der Waals surface area contributed by atoms with Crippen LogP contribution in [0.25, 0.3) is 0 Å². The molecule has 0 aliphatic rings. The summed E-state index contributed by atoms with van der Waals surface area (Å²) in [7, 11) is 0. The van der Waals surface area contributed by atoms with Gasteiger partial charge in [-0.3, -0.25) is 10.1 Å². The molecular weight excluding hydrogens is 277 g/mol. The predicted molar refractivity (Wildman–Crippen MR) is 67.4 cm³/mol. The van der Waals surface area contributed by atoms with Gasteiger partial charge in [-0.1, -0.05) is 13.8 Å². The van der Waals surface area contributed by atoms with Crippen molar-refractivity contribution in [1.29, 1.82) is 0 Å². The van der Waals surface area contributed by atoms with Gasteiger partial charge in [0.25, 0.3) is 5.69 Å². The van der Waals surface area contributed by atoms with Crippen LogP contribution in [0, 0.1) is 16.0 Å². The van der Waals surface area contributed by atoms with Crippen LogP contribution in [-0.2, 0) is 6.18 Å². The second-order valence-corrected chi connectivity index (χ2v) is 4.66. The molecule has 0 radical (unpaired) electrons. The van der Waals surface area contributed by atoms with Crippen molar-refractivity contribution in [3.63, 3.8) is 0 Å². The number of aliphatic hydroxyl groups excluding tert-OH is 1. The molecule has 0 fully saturated rings. The van der Waals surface area contributed by atoms with Gasteiger partial charge in [0.2, 0.25) is 0 Å². The van der Waals surface area contributed by atoms with Gasteiger partial charge in [-0.25, -0.2) is 0 Å². The summed E-state index contributed by atoms with van der Waals surface area (Å²) >= 11 is 0. The zero-order valence-electron chi connectivity index (χ0n) is 10.9. The highest BCUT2D eigenvalue weighted by atomic mass is 19.4. The van der Waals surface area contributed by atoms with E-state index < -0.39 is 28.4 Å². The number of nitrogens with one attached hydrogen (secondary N) is 1. The van der Waals surface area contributed by atoms with Gasteiger partial charge >= 0.3 is 6.18 Å². The van der Waals surface area contributed by atoms with Crippen molar-refractivity contribution in [3.8, 4) is 0 Å². The Morgan fingerprint density at radius 2 is 2.00 bits per heavy atom. The molecule has 20 heavy (non-hydrogen) atoms. The molecule has 8 heteroatoms. The average Bonchev–Trinajstić information content (AvgIpc) is 2.34. The molecule has 1 aromatic carbocycles. The van der Waals surface area contributed by atoms with Gasteiger partial charge in [0, 0.05) is 11.8 Å². The lowest BCUT2D eigenvalue weighted by Gasteiger charge is -2.21. The summed E-state index contributed by atoms with van der Waals surface area (Å²) in [6, 6.07) is 2.25. The maximum absolute atomic E-state index is 12.8. The number of anilines is 1. The molecule has 0 bridgehead atoms. The van der Waals surface area contributed by atoms with E-state index in [4.69, 9.17) is 5.11 Å². The quantitative estimate of drug-likeness (QED) is 0.646. The Morgan fingerprint density at radius 1 is 1.40 bits per heavy atom. The summed E-state index contributed by atoms with van der Waals surface area (Å²) in [5, 5.41) is 22.5. The van der Waals surface area contributed by atoms with E-state index in [0.717, 1.165) is 6.07 Å². The summed E-state index contributed by atoms with van der Waals surface area (Å²) in [5.41, 5.74) is -2.23. The highest BCUT2D eigenvalue weighted by molar-refractivity contribution is 5.55. The highest BCUT2D eigenvalue weighted by Crippen LogP contribution is 2.37. The molecule has 0 aliphatic carbocycles. The molecule has 0 saturated carbocycles. The lowest BCUT2D eigenvalue weighted by Crippen LogP contribution is -2.29. The number of alkyl halides is 3. The second kappa shape index (κ2) is 6.08. The lowest BCUT2D eigenvalue weighted by molar-refractivity contribution is -0.388. The maximum atomic E-state index is 12.8. The van der Waals surface area contributed by atoms with Gasteiger partial charge in [0.15, 0.2) is 0 Å². The summed E-state index contributed by atoms with van der Waals surface area (Å²) in [6.45, 7) is 3.34. The topological polar surface area (TPSA) is 75.4 Å². The van der Waals surface area contributed by atoms with Gasteiger partial charge < -0.3 is 10.4 Å².